The number of primary amides is 1. The van der Waals surface area contributed by atoms with Crippen LogP contribution in [-0.2, 0) is 20.7 Å². The van der Waals surface area contributed by atoms with Gasteiger partial charge in [-0.05, 0) is 42.3 Å². The molecular formula is C54H46N12O10S6. The topological polar surface area (TPSA) is 328 Å². The molecule has 0 unspecified atom stereocenters. The van der Waals surface area contributed by atoms with Crippen LogP contribution in [0.2, 0.25) is 0 Å². The minimum Gasteiger partial charge on any atom is -0.508 e. The Balaban J connectivity index is 1.02. The number of thiazole rings is 6. The molecule has 7 aromatic heterocycles. The molecule has 5 amide bonds. The fraction of sp³-hybridized carbons (Fsp3) is 0.241. The van der Waals surface area contributed by atoms with Crippen LogP contribution in [0.15, 0.2) is 93.6 Å². The van der Waals surface area contributed by atoms with Gasteiger partial charge < -0.3 is 46.6 Å². The van der Waals surface area contributed by atoms with E-state index in [1.165, 1.54) is 68.9 Å². The van der Waals surface area contributed by atoms with Crippen LogP contribution in [0, 0.1) is 12.8 Å². The lowest BCUT2D eigenvalue weighted by Gasteiger charge is -2.29. The number of amides is 5. The van der Waals surface area contributed by atoms with Crippen LogP contribution < -0.4 is 21.7 Å². The van der Waals surface area contributed by atoms with Crippen molar-refractivity contribution in [2.24, 2.45) is 11.7 Å². The first kappa shape index (κ1) is 55.8. The molecule has 7 atom stereocenters. The Morgan fingerprint density at radius 2 is 1.34 bits per heavy atom. The summed E-state index contributed by atoms with van der Waals surface area (Å²) in [6.07, 6.45) is -2.80. The van der Waals surface area contributed by atoms with Crippen molar-refractivity contribution in [1.82, 2.24) is 55.7 Å². The van der Waals surface area contributed by atoms with Crippen molar-refractivity contribution >= 4 is 104 Å². The van der Waals surface area contributed by atoms with Crippen molar-refractivity contribution in [1.29, 1.82) is 0 Å². The summed E-state index contributed by atoms with van der Waals surface area (Å²) in [5, 5.41) is 52.3. The zero-order chi connectivity index (χ0) is 57.5. The summed E-state index contributed by atoms with van der Waals surface area (Å²) in [7, 11) is 1.26. The van der Waals surface area contributed by atoms with E-state index in [0.717, 1.165) is 34.0 Å². The van der Waals surface area contributed by atoms with E-state index in [4.69, 9.17) is 30.4 Å². The number of nitrogens with one attached hydrogen (secondary N) is 3. The number of rotatable bonds is 8. The Morgan fingerprint density at radius 1 is 0.695 bits per heavy atom. The summed E-state index contributed by atoms with van der Waals surface area (Å²) in [6, 6.07) is 13.8. The van der Waals surface area contributed by atoms with E-state index in [1.807, 2.05) is 6.92 Å². The molecule has 2 aliphatic rings. The van der Waals surface area contributed by atoms with E-state index in [0.29, 0.717) is 64.4 Å². The van der Waals surface area contributed by atoms with Gasteiger partial charge in [0.2, 0.25) is 11.8 Å². The van der Waals surface area contributed by atoms with Crippen molar-refractivity contribution in [2.75, 3.05) is 13.7 Å². The number of carbonyl (C=O) groups excluding carboxylic acids is 6. The number of phenolic OH excluding ortho intramolecular Hbond substituents is 1. The minimum atomic E-state index is -1.41. The number of phenols is 1. The minimum absolute atomic E-state index is 0.00109. The molecular weight excluding hydrogens is 1170 g/mol. The van der Waals surface area contributed by atoms with E-state index in [2.05, 4.69) is 30.9 Å². The summed E-state index contributed by atoms with van der Waals surface area (Å²) in [5.74, 6) is -4.60. The summed E-state index contributed by atoms with van der Waals surface area (Å²) >= 11 is 6.92. The highest BCUT2D eigenvalue weighted by molar-refractivity contribution is 7.15. The van der Waals surface area contributed by atoms with Crippen molar-refractivity contribution in [3.8, 4) is 49.1 Å². The van der Waals surface area contributed by atoms with Crippen LogP contribution in [0.25, 0.3) is 43.4 Å². The van der Waals surface area contributed by atoms with Gasteiger partial charge in [-0.25, -0.2) is 39.7 Å². The van der Waals surface area contributed by atoms with Gasteiger partial charge >= 0.3 is 5.97 Å². The fourth-order valence-corrected chi connectivity index (χ4v) is 14.7. The number of aromatic nitrogens is 7. The van der Waals surface area contributed by atoms with E-state index in [9.17, 15) is 39.3 Å². The molecule has 1 fully saturated rings. The summed E-state index contributed by atoms with van der Waals surface area (Å²) in [6.45, 7) is 3.37. The maximum atomic E-state index is 15.1. The number of hydrogen-bond acceptors (Lipinski definition) is 23. The lowest BCUT2D eigenvalue weighted by molar-refractivity contribution is -0.134. The zero-order valence-electron chi connectivity index (χ0n) is 43.2. The fourth-order valence-electron chi connectivity index (χ4n) is 9.39. The zero-order valence-corrected chi connectivity index (χ0v) is 48.1. The molecule has 418 valence electrons. The molecule has 82 heavy (non-hydrogen) atoms. The second-order valence-corrected chi connectivity index (χ2v) is 24.6. The number of aryl methyl sites for hydroxylation is 1. The number of nitrogens with two attached hydrogens (primary N) is 1. The largest absolute Gasteiger partial charge is 0.508 e. The van der Waals surface area contributed by atoms with E-state index < -0.39 is 84.2 Å². The average Bonchev–Trinajstić information content (AvgIpc) is 4.48. The predicted molar refractivity (Wildman–Crippen MR) is 307 cm³/mol. The molecule has 28 heteroatoms. The highest BCUT2D eigenvalue weighted by atomic mass is 32.1. The number of methoxy groups -OCH3 is 1. The van der Waals surface area contributed by atoms with E-state index >= 15 is 4.79 Å². The van der Waals surface area contributed by atoms with Crippen LogP contribution in [0.5, 0.6) is 5.75 Å². The number of aromatic hydroxyl groups is 1. The molecule has 8 N–H and O–H groups in total. The monoisotopic (exact) mass is 1210 g/mol. The second kappa shape index (κ2) is 23.4. The Labute approximate surface area is 489 Å². The normalized spacial score (nSPS) is 19.8. The van der Waals surface area contributed by atoms with Crippen molar-refractivity contribution in [2.45, 2.75) is 63.1 Å². The lowest BCUT2D eigenvalue weighted by atomic mass is 10.00. The average molecular weight is 1220 g/mol. The van der Waals surface area contributed by atoms with Gasteiger partial charge in [-0.3, -0.25) is 24.0 Å². The van der Waals surface area contributed by atoms with Crippen LogP contribution in [-0.4, -0.2) is 116 Å². The predicted octanol–water partition coefficient (Wildman–Crippen LogP) is 7.08. The van der Waals surface area contributed by atoms with Crippen LogP contribution in [0.4, 0.5) is 0 Å². The second-order valence-electron chi connectivity index (χ2n) is 19.1. The molecule has 0 spiro atoms. The molecule has 0 radical (unpaired) electrons. The summed E-state index contributed by atoms with van der Waals surface area (Å²) < 4.78 is 4.89. The number of benzene rings is 2. The third kappa shape index (κ3) is 11.4. The van der Waals surface area contributed by atoms with Crippen molar-refractivity contribution < 1.29 is 48.8 Å². The molecule has 1 saturated heterocycles. The third-order valence-corrected chi connectivity index (χ3v) is 19.1. The smallest absolute Gasteiger partial charge is 0.357 e. The quantitative estimate of drug-likeness (QED) is 0.0748. The molecule has 22 nitrogen and oxygen atoms in total. The van der Waals surface area contributed by atoms with Gasteiger partial charge in [-0.15, -0.1) is 68.0 Å². The maximum Gasteiger partial charge on any atom is 0.357 e. The molecule has 9 heterocycles. The van der Waals surface area contributed by atoms with E-state index in [1.54, 1.807) is 77.7 Å². The van der Waals surface area contributed by atoms with Gasteiger partial charge in [0.15, 0.2) is 5.69 Å². The molecule has 10 bridgehead atoms. The summed E-state index contributed by atoms with van der Waals surface area (Å²) in [4.78, 5) is 119. The first-order chi connectivity index (χ1) is 39.5. The van der Waals surface area contributed by atoms with Crippen molar-refractivity contribution in [3.63, 3.8) is 0 Å². The Bertz CT molecular complexity index is 3910. The highest BCUT2D eigenvalue weighted by Gasteiger charge is 2.45. The molecule has 0 saturated carbocycles. The first-order valence-corrected chi connectivity index (χ1v) is 30.3. The number of fused-ring (bicyclic) bond motifs is 16. The Morgan fingerprint density at radius 3 is 2.10 bits per heavy atom. The number of esters is 1. The van der Waals surface area contributed by atoms with Gasteiger partial charge in [0, 0.05) is 56.2 Å². The van der Waals surface area contributed by atoms with E-state index in [-0.39, 0.29) is 51.5 Å². The SMILES string of the molecule is COC(=O)c1csc(-c2ccc3c(n2)-c2csc(n2)-c2csc(n2)[C@H]2[C@@H](C)[C@@H](O)CN2C(=O)[C@H](Cc2ccc(O)cc2)NC(=O)c2csc(n2)[C@H]([C@H](O)c2ccccc2)NC(=O)c2nc(sc2C)[C@H](CC(N)=O)NC(=O)c2csc-3n2)n1. The van der Waals surface area contributed by atoms with Gasteiger partial charge in [0.1, 0.15) is 88.1 Å². The molecule has 9 aromatic rings. The van der Waals surface area contributed by atoms with Crippen LogP contribution >= 0.6 is 68.0 Å². The van der Waals surface area contributed by atoms with Gasteiger partial charge in [-0.2, -0.15) is 0 Å². The van der Waals surface area contributed by atoms with Crippen LogP contribution in [0.1, 0.15) is 111 Å². The Hall–Kier alpha value is -8.09. The number of aliphatic hydroxyl groups is 2. The van der Waals surface area contributed by atoms with Gasteiger partial charge in [-0.1, -0.05) is 49.4 Å². The number of carbonyl (C=O) groups is 6. The summed E-state index contributed by atoms with van der Waals surface area (Å²) in [5.41, 5.74) is 8.74. The molecule has 11 rings (SSSR count). The molecule has 2 aliphatic heterocycles. The van der Waals surface area contributed by atoms with Gasteiger partial charge in [0.05, 0.1) is 37.4 Å². The maximum absolute atomic E-state index is 15.1. The number of hydrogen-bond donors (Lipinski definition) is 7. The number of ether oxygens (including phenoxy) is 1. The highest BCUT2D eigenvalue weighted by Crippen LogP contribution is 2.43. The molecule has 0 aliphatic carbocycles. The van der Waals surface area contributed by atoms with Crippen molar-refractivity contribution in [3.05, 3.63) is 147 Å². The lowest BCUT2D eigenvalue weighted by Crippen LogP contribution is -2.50. The standard InChI is InChI=1S/C54H46N12O10S6/c1-23-37(68)17-66-42(23)52-62-35(21-81-52)49-59-32(18-78-49)40-28(13-14-29(56-40)48-63-36(22-79-48)54(75)76-3)47-60-33(19-77-47)44(71)57-30(16-38(55)69)50-65-39(24(2)82-50)46(73)64-41(43(70)26-7-5-4-6-8-26)51-61-34(20-80-51)45(72)58-31(53(66)74)15-25-9-11-27(67)12-10-25/h4-14,18-23,30-31,37,41-43,67-68,70H,15-17H2,1-3H3,(H2,55,69)(H,57,71)(H,58,72)(H,64,73)/t23-,30-,31-,37-,41-,42+,43+/m0/s1. The number of pyridine rings is 1. The Kier molecular flexibility index (Phi) is 15.9. The van der Waals surface area contributed by atoms with Gasteiger partial charge in [0.25, 0.3) is 17.7 Å². The number of nitrogens with zero attached hydrogens (tertiary/aromatic N) is 8. The first-order valence-electron chi connectivity index (χ1n) is 25.1. The molecule has 2 aromatic carbocycles. The van der Waals surface area contributed by atoms with Crippen LogP contribution in [0.3, 0.4) is 0 Å². The number of aliphatic hydroxyl groups excluding tert-OH is 2. The third-order valence-electron chi connectivity index (χ3n) is 13.6.